The SMILES string of the molecule is COc1ccc(CN2CCN(CCC(=O)NC3CCCCC3)CC2)cc1F. The molecule has 3 rings (SSSR count). The van der Waals surface area contributed by atoms with Crippen LogP contribution in [0.15, 0.2) is 18.2 Å². The van der Waals surface area contributed by atoms with Crippen molar-refractivity contribution in [2.75, 3.05) is 39.8 Å². The van der Waals surface area contributed by atoms with Crippen LogP contribution in [0.5, 0.6) is 5.75 Å². The normalized spacial score (nSPS) is 19.8. The molecule has 150 valence electrons. The number of carbonyl (C=O) groups is 1. The molecule has 0 atom stereocenters. The van der Waals surface area contributed by atoms with Gasteiger partial charge < -0.3 is 15.0 Å². The minimum absolute atomic E-state index is 0.193. The van der Waals surface area contributed by atoms with Crippen LogP contribution < -0.4 is 10.1 Å². The summed E-state index contributed by atoms with van der Waals surface area (Å²) >= 11 is 0. The van der Waals surface area contributed by atoms with Gasteiger partial charge in [-0.3, -0.25) is 9.69 Å². The lowest BCUT2D eigenvalue weighted by Gasteiger charge is -2.34. The summed E-state index contributed by atoms with van der Waals surface area (Å²) < 4.78 is 18.8. The number of benzene rings is 1. The number of amides is 1. The van der Waals surface area contributed by atoms with E-state index in [9.17, 15) is 9.18 Å². The lowest BCUT2D eigenvalue weighted by Crippen LogP contribution is -2.47. The molecule has 1 aromatic carbocycles. The van der Waals surface area contributed by atoms with Crippen molar-refractivity contribution in [1.29, 1.82) is 0 Å². The summed E-state index contributed by atoms with van der Waals surface area (Å²) in [6, 6.07) is 5.56. The predicted octanol–water partition coefficient (Wildman–Crippen LogP) is 2.79. The van der Waals surface area contributed by atoms with Crippen LogP contribution in [0.2, 0.25) is 0 Å². The molecule has 0 aromatic heterocycles. The van der Waals surface area contributed by atoms with Gasteiger partial charge in [-0.05, 0) is 30.5 Å². The quantitative estimate of drug-likeness (QED) is 0.794. The third-order valence-electron chi connectivity index (χ3n) is 5.71. The molecule has 1 heterocycles. The van der Waals surface area contributed by atoms with E-state index in [1.165, 1.54) is 26.4 Å². The van der Waals surface area contributed by atoms with E-state index in [1.54, 1.807) is 12.1 Å². The van der Waals surface area contributed by atoms with Gasteiger partial charge in [-0.2, -0.15) is 0 Å². The molecule has 5 nitrogen and oxygen atoms in total. The van der Waals surface area contributed by atoms with E-state index in [0.717, 1.165) is 57.7 Å². The van der Waals surface area contributed by atoms with E-state index in [0.29, 0.717) is 12.5 Å². The first-order valence-electron chi connectivity index (χ1n) is 10.2. The van der Waals surface area contributed by atoms with Crippen LogP contribution in [-0.4, -0.2) is 61.6 Å². The van der Waals surface area contributed by atoms with Gasteiger partial charge in [-0.15, -0.1) is 0 Å². The monoisotopic (exact) mass is 377 g/mol. The summed E-state index contributed by atoms with van der Waals surface area (Å²) in [6.45, 7) is 5.36. The zero-order valence-electron chi connectivity index (χ0n) is 16.4. The number of carbonyl (C=O) groups excluding carboxylic acids is 1. The fourth-order valence-electron chi connectivity index (χ4n) is 4.04. The predicted molar refractivity (Wildman–Crippen MR) is 104 cm³/mol. The molecular formula is C21H32FN3O2. The molecule has 1 N–H and O–H groups in total. The van der Waals surface area contributed by atoms with Gasteiger partial charge in [0.1, 0.15) is 0 Å². The number of hydrogen-bond acceptors (Lipinski definition) is 4. The van der Waals surface area contributed by atoms with Crippen LogP contribution >= 0.6 is 0 Å². The zero-order chi connectivity index (χ0) is 19.1. The maximum Gasteiger partial charge on any atom is 0.221 e. The van der Waals surface area contributed by atoms with Crippen molar-refractivity contribution in [2.24, 2.45) is 0 Å². The highest BCUT2D eigenvalue weighted by atomic mass is 19.1. The van der Waals surface area contributed by atoms with Crippen LogP contribution in [-0.2, 0) is 11.3 Å². The topological polar surface area (TPSA) is 44.8 Å². The Labute approximate surface area is 161 Å². The van der Waals surface area contributed by atoms with Gasteiger partial charge in [0, 0.05) is 51.7 Å². The largest absolute Gasteiger partial charge is 0.494 e. The molecule has 6 heteroatoms. The van der Waals surface area contributed by atoms with Gasteiger partial charge in [0.05, 0.1) is 7.11 Å². The van der Waals surface area contributed by atoms with E-state index in [1.807, 2.05) is 6.07 Å². The Hall–Kier alpha value is -1.66. The lowest BCUT2D eigenvalue weighted by atomic mass is 9.95. The number of nitrogens with one attached hydrogen (secondary N) is 1. The molecule has 27 heavy (non-hydrogen) atoms. The second-order valence-electron chi connectivity index (χ2n) is 7.74. The third-order valence-corrected chi connectivity index (χ3v) is 5.71. The Morgan fingerprint density at radius 3 is 2.52 bits per heavy atom. The first-order chi connectivity index (χ1) is 13.1. The van der Waals surface area contributed by atoms with Gasteiger partial charge >= 0.3 is 0 Å². The van der Waals surface area contributed by atoms with Gasteiger partial charge in [-0.25, -0.2) is 4.39 Å². The maximum absolute atomic E-state index is 13.8. The van der Waals surface area contributed by atoms with Crippen LogP contribution in [0, 0.1) is 5.82 Å². The van der Waals surface area contributed by atoms with Crippen molar-refractivity contribution in [3.05, 3.63) is 29.6 Å². The molecule has 1 aromatic rings. The highest BCUT2D eigenvalue weighted by molar-refractivity contribution is 5.76. The highest BCUT2D eigenvalue weighted by Gasteiger charge is 2.19. The van der Waals surface area contributed by atoms with E-state index >= 15 is 0 Å². The molecular weight excluding hydrogens is 345 g/mol. The second kappa shape index (κ2) is 10.0. The molecule has 2 aliphatic rings. The summed E-state index contributed by atoms with van der Waals surface area (Å²) in [7, 11) is 1.48. The summed E-state index contributed by atoms with van der Waals surface area (Å²) in [5.41, 5.74) is 0.966. The van der Waals surface area contributed by atoms with Gasteiger partial charge in [0.25, 0.3) is 0 Å². The lowest BCUT2D eigenvalue weighted by molar-refractivity contribution is -0.122. The Balaban J connectivity index is 1.35. The van der Waals surface area contributed by atoms with Crippen LogP contribution in [0.1, 0.15) is 44.1 Å². The van der Waals surface area contributed by atoms with Gasteiger partial charge in [-0.1, -0.05) is 25.3 Å². The van der Waals surface area contributed by atoms with E-state index in [4.69, 9.17) is 4.74 Å². The molecule has 0 spiro atoms. The Morgan fingerprint density at radius 1 is 1.15 bits per heavy atom. The maximum atomic E-state index is 13.8. The molecule has 1 amide bonds. The standard InChI is InChI=1S/C21H32FN3O2/c1-27-20-8-7-17(15-19(20)22)16-25-13-11-24(12-14-25)10-9-21(26)23-18-5-3-2-4-6-18/h7-8,15,18H,2-6,9-14,16H2,1H3,(H,23,26). The van der Waals surface area contributed by atoms with Crippen molar-refractivity contribution < 1.29 is 13.9 Å². The number of rotatable bonds is 7. The van der Waals surface area contributed by atoms with E-state index < -0.39 is 0 Å². The number of nitrogens with zero attached hydrogens (tertiary/aromatic N) is 2. The van der Waals surface area contributed by atoms with Gasteiger partial charge in [0.2, 0.25) is 5.91 Å². The first-order valence-corrected chi connectivity index (χ1v) is 10.2. The van der Waals surface area contributed by atoms with Crippen molar-refractivity contribution in [3.63, 3.8) is 0 Å². The van der Waals surface area contributed by atoms with Gasteiger partial charge in [0.15, 0.2) is 11.6 Å². The third kappa shape index (κ3) is 6.18. The van der Waals surface area contributed by atoms with Crippen LogP contribution in [0.3, 0.4) is 0 Å². The smallest absolute Gasteiger partial charge is 0.221 e. The van der Waals surface area contributed by atoms with Crippen molar-refractivity contribution in [2.45, 2.75) is 51.1 Å². The van der Waals surface area contributed by atoms with Crippen molar-refractivity contribution >= 4 is 5.91 Å². The molecule has 2 fully saturated rings. The fraction of sp³-hybridized carbons (Fsp3) is 0.667. The molecule has 1 saturated heterocycles. The molecule has 1 aliphatic heterocycles. The Morgan fingerprint density at radius 2 is 1.85 bits per heavy atom. The zero-order valence-corrected chi connectivity index (χ0v) is 16.4. The van der Waals surface area contributed by atoms with Crippen molar-refractivity contribution in [3.8, 4) is 5.75 Å². The number of hydrogen-bond donors (Lipinski definition) is 1. The number of piperazine rings is 1. The Bertz CT molecular complexity index is 611. The van der Waals surface area contributed by atoms with E-state index in [-0.39, 0.29) is 17.5 Å². The number of methoxy groups -OCH3 is 1. The summed E-state index contributed by atoms with van der Waals surface area (Å²) in [6.07, 6.45) is 6.64. The highest BCUT2D eigenvalue weighted by Crippen LogP contribution is 2.19. The Kier molecular flexibility index (Phi) is 7.47. The first kappa shape index (κ1) is 20.1. The molecule has 1 saturated carbocycles. The second-order valence-corrected chi connectivity index (χ2v) is 7.74. The summed E-state index contributed by atoms with van der Waals surface area (Å²) in [4.78, 5) is 16.8. The van der Waals surface area contributed by atoms with E-state index in [2.05, 4.69) is 15.1 Å². The summed E-state index contributed by atoms with van der Waals surface area (Å²) in [5.74, 6) is 0.172. The summed E-state index contributed by atoms with van der Waals surface area (Å²) in [5, 5.41) is 3.19. The molecule has 0 radical (unpaired) electrons. The molecule has 0 unspecified atom stereocenters. The van der Waals surface area contributed by atoms with Crippen LogP contribution in [0.4, 0.5) is 4.39 Å². The molecule has 1 aliphatic carbocycles. The average Bonchev–Trinajstić information content (AvgIpc) is 2.68. The number of ether oxygens (including phenoxy) is 1. The van der Waals surface area contributed by atoms with Crippen LogP contribution in [0.25, 0.3) is 0 Å². The minimum Gasteiger partial charge on any atom is -0.494 e. The fourth-order valence-corrected chi connectivity index (χ4v) is 4.04. The average molecular weight is 378 g/mol. The minimum atomic E-state index is -0.308. The molecule has 0 bridgehead atoms. The number of halogens is 1. The van der Waals surface area contributed by atoms with Crippen molar-refractivity contribution in [1.82, 2.24) is 15.1 Å².